The summed E-state index contributed by atoms with van der Waals surface area (Å²) in [4.78, 5) is 38.6. The van der Waals surface area contributed by atoms with Crippen LogP contribution in [-0.2, 0) is 16.2 Å². The smallest absolute Gasteiger partial charge is 0.409 e. The summed E-state index contributed by atoms with van der Waals surface area (Å²) < 4.78 is 10.7. The zero-order valence-electron chi connectivity index (χ0n) is 18.5. The number of nitrogens with zero attached hydrogens (tertiary/aromatic N) is 3. The third-order valence-corrected chi connectivity index (χ3v) is 5.80. The van der Waals surface area contributed by atoms with Crippen LogP contribution in [0.4, 0.5) is 9.93 Å². The van der Waals surface area contributed by atoms with Crippen molar-refractivity contribution in [3.8, 4) is 5.88 Å². The van der Waals surface area contributed by atoms with E-state index in [1.54, 1.807) is 37.5 Å². The molecule has 2 N–H and O–H groups in total. The number of pyridine rings is 1. The first-order chi connectivity index (χ1) is 15.9. The first-order valence-corrected chi connectivity index (χ1v) is 10.7. The van der Waals surface area contributed by atoms with E-state index < -0.39 is 6.09 Å². The van der Waals surface area contributed by atoms with Crippen molar-refractivity contribution >= 4 is 44.3 Å². The molecular weight excluding hydrogens is 448 g/mol. The summed E-state index contributed by atoms with van der Waals surface area (Å²) in [5.74, 6) is -0.00121. The third-order valence-electron chi connectivity index (χ3n) is 4.80. The van der Waals surface area contributed by atoms with Crippen molar-refractivity contribution in [2.24, 2.45) is 0 Å². The predicted octanol–water partition coefficient (Wildman–Crippen LogP) is 4.04. The van der Waals surface area contributed by atoms with Gasteiger partial charge in [-0.05, 0) is 29.7 Å². The van der Waals surface area contributed by atoms with E-state index in [0.717, 1.165) is 15.8 Å². The van der Waals surface area contributed by atoms with Crippen LogP contribution >= 0.6 is 11.3 Å². The number of aromatic nitrogens is 2. The summed E-state index contributed by atoms with van der Waals surface area (Å²) >= 11 is 1.27. The first-order valence-electron chi connectivity index (χ1n) is 9.85. The average molecular weight is 473 g/mol. The van der Waals surface area contributed by atoms with E-state index in [1.165, 1.54) is 30.5 Å². The second-order valence-electron chi connectivity index (χ2n) is 7.04. The van der Waals surface area contributed by atoms with Gasteiger partial charge in [-0.25, -0.2) is 19.7 Å². The van der Waals surface area contributed by atoms with E-state index in [2.05, 4.69) is 31.5 Å². The Morgan fingerprint density at radius 1 is 1.24 bits per heavy atom. The zero-order chi connectivity index (χ0) is 24.0. The van der Waals surface area contributed by atoms with Gasteiger partial charge in [-0.2, -0.15) is 0 Å². The summed E-state index contributed by atoms with van der Waals surface area (Å²) in [6, 6.07) is 6.89. The van der Waals surface area contributed by atoms with Gasteiger partial charge in [-0.15, -0.1) is 0 Å². The third kappa shape index (κ3) is 5.64. The lowest BCUT2D eigenvalue weighted by Gasteiger charge is -2.15. The Balaban J connectivity index is 1.79. The molecule has 0 unspecified atom stereocenters. The van der Waals surface area contributed by atoms with Crippen LogP contribution in [-0.4, -0.2) is 60.0 Å². The van der Waals surface area contributed by atoms with Crippen LogP contribution in [0, 0.1) is 0 Å². The second-order valence-corrected chi connectivity index (χ2v) is 8.04. The molecule has 0 saturated heterocycles. The monoisotopic (exact) mass is 472 g/mol. The molecule has 0 atom stereocenters. The second kappa shape index (κ2) is 10.9. The number of benzene rings is 1. The molecule has 3 rings (SSSR count). The van der Waals surface area contributed by atoms with Crippen LogP contribution in [0.2, 0.25) is 0 Å². The van der Waals surface area contributed by atoms with Gasteiger partial charge in [0.05, 0.1) is 25.5 Å². The molecule has 11 heteroatoms. The van der Waals surface area contributed by atoms with E-state index in [0.29, 0.717) is 40.6 Å². The summed E-state index contributed by atoms with van der Waals surface area (Å²) in [5.41, 5.74) is 3.24. The van der Waals surface area contributed by atoms with Crippen LogP contribution in [0.1, 0.15) is 27.9 Å². The molecule has 0 aliphatic rings. The van der Waals surface area contributed by atoms with Crippen LogP contribution in [0.25, 0.3) is 15.8 Å². The van der Waals surface area contributed by atoms with Gasteiger partial charge >= 0.3 is 6.09 Å². The fourth-order valence-electron chi connectivity index (χ4n) is 3.07. The van der Waals surface area contributed by atoms with Crippen LogP contribution < -0.4 is 10.1 Å². The molecule has 0 bridgehead atoms. The highest BCUT2D eigenvalue weighted by atomic mass is 32.1. The average Bonchev–Trinajstić information content (AvgIpc) is 3.25. The number of thiazole rings is 1. The van der Waals surface area contributed by atoms with Gasteiger partial charge in [-0.3, -0.25) is 15.4 Å². The molecule has 33 heavy (non-hydrogen) atoms. The Labute approximate surface area is 194 Å². The molecule has 2 aromatic heterocycles. The maximum Gasteiger partial charge on any atom is 0.409 e. The maximum absolute atomic E-state index is 12.8. The molecule has 2 amide bonds. The van der Waals surface area contributed by atoms with Crippen molar-refractivity contribution in [2.75, 3.05) is 33.2 Å². The van der Waals surface area contributed by atoms with Gasteiger partial charge in [0.15, 0.2) is 5.13 Å². The summed E-state index contributed by atoms with van der Waals surface area (Å²) in [5, 5.41) is 11.8. The van der Waals surface area contributed by atoms with Crippen LogP contribution in [0.15, 0.2) is 37.0 Å². The van der Waals surface area contributed by atoms with Crippen molar-refractivity contribution in [3.05, 3.63) is 53.7 Å². The van der Waals surface area contributed by atoms with Crippen molar-refractivity contribution in [1.82, 2.24) is 14.9 Å². The zero-order valence-corrected chi connectivity index (χ0v) is 19.3. The largest absolute Gasteiger partial charge is 0.479 e. The van der Waals surface area contributed by atoms with Gasteiger partial charge in [0.2, 0.25) is 5.88 Å². The highest BCUT2D eigenvalue weighted by Crippen LogP contribution is 2.36. The maximum atomic E-state index is 12.8. The van der Waals surface area contributed by atoms with Gasteiger partial charge in [0.1, 0.15) is 5.52 Å². The van der Waals surface area contributed by atoms with Gasteiger partial charge in [0, 0.05) is 30.9 Å². The minimum Gasteiger partial charge on any atom is -0.479 e. The lowest BCUT2D eigenvalue weighted by atomic mass is 10.1. The summed E-state index contributed by atoms with van der Waals surface area (Å²) in [6.07, 6.45) is 1.58. The highest BCUT2D eigenvalue weighted by Gasteiger charge is 2.18. The Bertz CT molecular complexity index is 1160. The molecular formula is C22H24N4O6S. The number of amides is 2. The molecule has 3 aromatic rings. The molecule has 10 nitrogen and oxygen atoms in total. The topological polar surface area (TPSA) is 123 Å². The van der Waals surface area contributed by atoms with E-state index >= 15 is 0 Å². The summed E-state index contributed by atoms with van der Waals surface area (Å²) in [6.45, 7) is 4.47. The number of hydrogen-bond acceptors (Lipinski definition) is 9. The van der Waals surface area contributed by atoms with Gasteiger partial charge in [-0.1, -0.05) is 30.0 Å². The number of fused-ring (bicyclic) bond motifs is 1. The number of rotatable bonds is 9. The molecule has 0 radical (unpaired) electrons. The van der Waals surface area contributed by atoms with Crippen molar-refractivity contribution in [2.45, 2.75) is 13.0 Å². The van der Waals surface area contributed by atoms with Gasteiger partial charge in [0.25, 0.3) is 5.91 Å². The lowest BCUT2D eigenvalue weighted by molar-refractivity contribution is -0.240. The molecule has 174 valence electrons. The van der Waals surface area contributed by atoms with Crippen molar-refractivity contribution < 1.29 is 29.2 Å². The number of carbonyl (C=O) groups is 2. The lowest BCUT2D eigenvalue weighted by Crippen LogP contribution is -2.25. The molecule has 0 aliphatic heterocycles. The molecule has 0 fully saturated rings. The Hall–Kier alpha value is -3.54. The highest BCUT2D eigenvalue weighted by molar-refractivity contribution is 7.22. The molecule has 1 aromatic carbocycles. The molecule has 2 heterocycles. The quantitative estimate of drug-likeness (QED) is 0.353. The standard InChI is InChI=1S/C22H24N4O6S/c1-13(9-10-32-29)16-11-23-20(30-3)17-18(16)33-21(24-17)25-19(27)15-7-5-14(6-8-15)12-26(2)22(28)31-4/h5-8,11,29H,1,9-10,12H2,2-4H3,(H,24,25,27). The van der Waals surface area contributed by atoms with Gasteiger partial charge < -0.3 is 14.4 Å². The predicted molar refractivity (Wildman–Crippen MR) is 124 cm³/mol. The van der Waals surface area contributed by atoms with Crippen LogP contribution in [0.5, 0.6) is 5.88 Å². The fraction of sp³-hybridized carbons (Fsp3) is 0.273. The SMILES string of the molecule is C=C(CCOO)c1cnc(OC)c2nc(NC(=O)c3ccc(CN(C)C(=O)OC)cc3)sc12. The molecule has 0 saturated carbocycles. The van der Waals surface area contributed by atoms with E-state index in [1.807, 2.05) is 0 Å². The Morgan fingerprint density at radius 3 is 2.61 bits per heavy atom. The molecule has 0 spiro atoms. The number of hydrogen-bond donors (Lipinski definition) is 2. The number of nitrogens with one attached hydrogen (secondary N) is 1. The Kier molecular flexibility index (Phi) is 7.93. The fourth-order valence-corrected chi connectivity index (χ4v) is 4.08. The van der Waals surface area contributed by atoms with Crippen molar-refractivity contribution in [3.63, 3.8) is 0 Å². The number of ether oxygens (including phenoxy) is 2. The van der Waals surface area contributed by atoms with Crippen LogP contribution in [0.3, 0.4) is 0 Å². The first kappa shape index (κ1) is 24.1. The number of anilines is 1. The van der Waals surface area contributed by atoms with E-state index in [9.17, 15) is 9.59 Å². The normalized spacial score (nSPS) is 10.7. The van der Waals surface area contributed by atoms with E-state index in [-0.39, 0.29) is 12.5 Å². The van der Waals surface area contributed by atoms with Crippen molar-refractivity contribution in [1.29, 1.82) is 0 Å². The Morgan fingerprint density at radius 2 is 1.97 bits per heavy atom. The minimum atomic E-state index is -0.441. The van der Waals surface area contributed by atoms with E-state index in [4.69, 9.17) is 9.99 Å². The summed E-state index contributed by atoms with van der Waals surface area (Å²) in [7, 11) is 4.44. The number of carbonyl (C=O) groups excluding carboxylic acids is 2. The minimum absolute atomic E-state index is 0.0974. The molecule has 0 aliphatic carbocycles. The number of methoxy groups -OCH3 is 2.